The first-order valence-electron chi connectivity index (χ1n) is 3.47. The van der Waals surface area contributed by atoms with E-state index in [1.807, 2.05) is 11.8 Å². The van der Waals surface area contributed by atoms with Gasteiger partial charge in [-0.25, -0.2) is 0 Å². The summed E-state index contributed by atoms with van der Waals surface area (Å²) in [5.41, 5.74) is 0. The van der Waals surface area contributed by atoms with Gasteiger partial charge in [-0.15, -0.1) is 11.8 Å². The lowest BCUT2D eigenvalue weighted by Gasteiger charge is -2.14. The summed E-state index contributed by atoms with van der Waals surface area (Å²) in [5, 5.41) is 0.763. The molecular formula is C7H17NS. The van der Waals surface area contributed by atoms with Crippen LogP contribution in [-0.2, 0) is 0 Å². The maximum atomic E-state index is 2.31. The summed E-state index contributed by atoms with van der Waals surface area (Å²) < 4.78 is 0. The van der Waals surface area contributed by atoms with Crippen LogP contribution in [0.5, 0.6) is 0 Å². The fourth-order valence-corrected chi connectivity index (χ4v) is 1.10. The Morgan fingerprint density at radius 3 is 2.33 bits per heavy atom. The molecule has 2 heteroatoms. The molecule has 56 valence electrons. The van der Waals surface area contributed by atoms with Gasteiger partial charge in [-0.1, -0.05) is 20.8 Å². The zero-order valence-corrected chi connectivity index (χ0v) is 7.66. The SMILES string of the molecule is CCN(C)CSC(C)C. The third-order valence-electron chi connectivity index (χ3n) is 1.17. The average Bonchev–Trinajstić information content (AvgIpc) is 1.83. The van der Waals surface area contributed by atoms with Gasteiger partial charge in [-0.2, -0.15) is 0 Å². The second-order valence-corrected chi connectivity index (χ2v) is 4.05. The second kappa shape index (κ2) is 5.12. The van der Waals surface area contributed by atoms with Gasteiger partial charge in [0.25, 0.3) is 0 Å². The lowest BCUT2D eigenvalue weighted by Crippen LogP contribution is -2.17. The van der Waals surface area contributed by atoms with E-state index in [0.717, 1.165) is 17.7 Å². The van der Waals surface area contributed by atoms with E-state index in [-0.39, 0.29) is 0 Å². The summed E-state index contributed by atoms with van der Waals surface area (Å²) in [7, 11) is 2.15. The molecule has 0 atom stereocenters. The monoisotopic (exact) mass is 147 g/mol. The molecule has 0 aliphatic carbocycles. The highest BCUT2D eigenvalue weighted by Crippen LogP contribution is 2.09. The highest BCUT2D eigenvalue weighted by Gasteiger charge is 1.96. The molecule has 0 spiro atoms. The Bertz CT molecular complexity index is 63.9. The number of nitrogens with zero attached hydrogens (tertiary/aromatic N) is 1. The summed E-state index contributed by atoms with van der Waals surface area (Å²) in [5.74, 6) is 1.16. The number of hydrogen-bond donors (Lipinski definition) is 0. The first kappa shape index (κ1) is 9.31. The Morgan fingerprint density at radius 1 is 1.44 bits per heavy atom. The Balaban J connectivity index is 3.06. The van der Waals surface area contributed by atoms with Gasteiger partial charge in [0.1, 0.15) is 0 Å². The minimum Gasteiger partial charge on any atom is -0.297 e. The molecule has 0 amide bonds. The number of thioether (sulfide) groups is 1. The molecule has 0 bridgehead atoms. The highest BCUT2D eigenvalue weighted by atomic mass is 32.2. The lowest BCUT2D eigenvalue weighted by molar-refractivity contribution is 0.416. The fraction of sp³-hybridized carbons (Fsp3) is 1.00. The van der Waals surface area contributed by atoms with E-state index in [2.05, 4.69) is 32.7 Å². The molecule has 1 nitrogen and oxygen atoms in total. The van der Waals surface area contributed by atoms with Gasteiger partial charge in [0.15, 0.2) is 0 Å². The first-order chi connectivity index (χ1) is 4.16. The topological polar surface area (TPSA) is 3.24 Å². The molecule has 0 rings (SSSR count). The Labute approximate surface area is 62.8 Å². The molecule has 0 aromatic carbocycles. The van der Waals surface area contributed by atoms with Crippen LogP contribution in [0.1, 0.15) is 20.8 Å². The molecule has 9 heavy (non-hydrogen) atoms. The highest BCUT2D eigenvalue weighted by molar-refractivity contribution is 7.99. The maximum absolute atomic E-state index is 2.31. The quantitative estimate of drug-likeness (QED) is 0.560. The van der Waals surface area contributed by atoms with Gasteiger partial charge in [0.2, 0.25) is 0 Å². The minimum atomic E-state index is 0.763. The number of rotatable bonds is 4. The standard InChI is InChI=1S/C7H17NS/c1-5-8(4)6-9-7(2)3/h7H,5-6H2,1-4H3. The van der Waals surface area contributed by atoms with E-state index in [0.29, 0.717) is 0 Å². The van der Waals surface area contributed by atoms with Crippen LogP contribution >= 0.6 is 11.8 Å². The predicted octanol–water partition coefficient (Wildman–Crippen LogP) is 2.04. The summed E-state index contributed by atoms with van der Waals surface area (Å²) >= 11 is 1.99. The molecule has 0 radical (unpaired) electrons. The molecule has 0 aromatic heterocycles. The third-order valence-corrected chi connectivity index (χ3v) is 2.42. The van der Waals surface area contributed by atoms with Crippen molar-refractivity contribution in [1.29, 1.82) is 0 Å². The summed E-state index contributed by atoms with van der Waals surface area (Å²) in [6, 6.07) is 0. The van der Waals surface area contributed by atoms with Crippen LogP contribution in [0.15, 0.2) is 0 Å². The molecule has 0 heterocycles. The van der Waals surface area contributed by atoms with E-state index in [1.54, 1.807) is 0 Å². The predicted molar refractivity (Wildman–Crippen MR) is 45.9 cm³/mol. The van der Waals surface area contributed by atoms with Crippen molar-refractivity contribution in [2.75, 3.05) is 19.5 Å². The summed E-state index contributed by atoms with van der Waals surface area (Å²) in [6.45, 7) is 7.79. The van der Waals surface area contributed by atoms with Crippen LogP contribution in [0.25, 0.3) is 0 Å². The molecular weight excluding hydrogens is 130 g/mol. The zero-order chi connectivity index (χ0) is 7.28. The smallest absolute Gasteiger partial charge is 0.0443 e. The van der Waals surface area contributed by atoms with Crippen LogP contribution < -0.4 is 0 Å². The van der Waals surface area contributed by atoms with Gasteiger partial charge in [-0.05, 0) is 13.6 Å². The van der Waals surface area contributed by atoms with Gasteiger partial charge in [-0.3, -0.25) is 4.90 Å². The lowest BCUT2D eigenvalue weighted by atomic mass is 10.6. The van der Waals surface area contributed by atoms with Crippen LogP contribution in [0.4, 0.5) is 0 Å². The molecule has 0 N–H and O–H groups in total. The largest absolute Gasteiger partial charge is 0.297 e. The molecule has 0 fully saturated rings. The number of hydrogen-bond acceptors (Lipinski definition) is 2. The molecule has 0 aliphatic rings. The van der Waals surface area contributed by atoms with Crippen molar-refractivity contribution in [1.82, 2.24) is 4.90 Å². The second-order valence-electron chi connectivity index (χ2n) is 2.52. The Hall–Kier alpha value is 0.310. The Kier molecular flexibility index (Phi) is 5.30. The van der Waals surface area contributed by atoms with Crippen LogP contribution in [-0.4, -0.2) is 29.6 Å². The van der Waals surface area contributed by atoms with Crippen molar-refractivity contribution >= 4 is 11.8 Å². The normalized spacial score (nSPS) is 11.3. The van der Waals surface area contributed by atoms with E-state index in [1.165, 1.54) is 0 Å². The van der Waals surface area contributed by atoms with Crippen molar-refractivity contribution in [2.24, 2.45) is 0 Å². The van der Waals surface area contributed by atoms with Gasteiger partial charge >= 0.3 is 0 Å². The van der Waals surface area contributed by atoms with E-state index < -0.39 is 0 Å². The molecule has 0 saturated heterocycles. The molecule has 0 aromatic rings. The van der Waals surface area contributed by atoms with Crippen LogP contribution in [0.3, 0.4) is 0 Å². The maximum Gasteiger partial charge on any atom is 0.0443 e. The van der Waals surface area contributed by atoms with Crippen LogP contribution in [0, 0.1) is 0 Å². The zero-order valence-electron chi connectivity index (χ0n) is 6.85. The van der Waals surface area contributed by atoms with Crippen molar-refractivity contribution in [2.45, 2.75) is 26.0 Å². The van der Waals surface area contributed by atoms with E-state index >= 15 is 0 Å². The Morgan fingerprint density at radius 2 is 2.00 bits per heavy atom. The van der Waals surface area contributed by atoms with Crippen LogP contribution in [0.2, 0.25) is 0 Å². The van der Waals surface area contributed by atoms with Crippen molar-refractivity contribution in [3.8, 4) is 0 Å². The molecule has 0 aliphatic heterocycles. The summed E-state index contributed by atoms with van der Waals surface area (Å²) in [6.07, 6.45) is 0. The van der Waals surface area contributed by atoms with Gasteiger partial charge < -0.3 is 0 Å². The van der Waals surface area contributed by atoms with Crippen molar-refractivity contribution < 1.29 is 0 Å². The fourth-order valence-electron chi connectivity index (χ4n) is 0.368. The third kappa shape index (κ3) is 6.19. The molecule has 0 unspecified atom stereocenters. The molecule has 0 saturated carbocycles. The first-order valence-corrected chi connectivity index (χ1v) is 4.51. The van der Waals surface area contributed by atoms with Crippen molar-refractivity contribution in [3.05, 3.63) is 0 Å². The van der Waals surface area contributed by atoms with Crippen molar-refractivity contribution in [3.63, 3.8) is 0 Å². The average molecular weight is 147 g/mol. The van der Waals surface area contributed by atoms with Gasteiger partial charge in [0.05, 0.1) is 0 Å². The van der Waals surface area contributed by atoms with E-state index in [4.69, 9.17) is 0 Å². The minimum absolute atomic E-state index is 0.763. The van der Waals surface area contributed by atoms with E-state index in [9.17, 15) is 0 Å². The van der Waals surface area contributed by atoms with Gasteiger partial charge in [0, 0.05) is 11.1 Å². The summed E-state index contributed by atoms with van der Waals surface area (Å²) in [4.78, 5) is 2.31.